The highest BCUT2D eigenvalue weighted by molar-refractivity contribution is 7.71. The lowest BCUT2D eigenvalue weighted by molar-refractivity contribution is -0.116. The molecule has 3 rings (SSSR count). The van der Waals surface area contributed by atoms with Gasteiger partial charge in [-0.3, -0.25) is 14.5 Å². The lowest BCUT2D eigenvalue weighted by atomic mass is 10.1. The van der Waals surface area contributed by atoms with Crippen molar-refractivity contribution in [1.29, 1.82) is 0 Å². The van der Waals surface area contributed by atoms with Gasteiger partial charge in [0.25, 0.3) is 0 Å². The van der Waals surface area contributed by atoms with Crippen molar-refractivity contribution in [2.24, 2.45) is 0 Å². The second kappa shape index (κ2) is 8.97. The Hall–Kier alpha value is -2.44. The van der Waals surface area contributed by atoms with Crippen LogP contribution < -0.4 is 5.32 Å². The summed E-state index contributed by atoms with van der Waals surface area (Å²) in [5.74, 6) is 0.436. The van der Waals surface area contributed by atoms with Gasteiger partial charge in [0.05, 0.1) is 0 Å². The molecular formula is C20H21ClN4OS. The molecule has 0 saturated carbocycles. The Morgan fingerprint density at radius 1 is 1.19 bits per heavy atom. The summed E-state index contributed by atoms with van der Waals surface area (Å²) in [6, 6.07) is 15.2. The van der Waals surface area contributed by atoms with Gasteiger partial charge in [-0.05, 0) is 67.0 Å². The van der Waals surface area contributed by atoms with Crippen molar-refractivity contribution in [3.05, 3.63) is 63.9 Å². The van der Waals surface area contributed by atoms with Gasteiger partial charge >= 0.3 is 0 Å². The number of aromatic nitrogens is 3. The first-order valence-electron chi connectivity index (χ1n) is 8.86. The predicted octanol–water partition coefficient (Wildman–Crippen LogP) is 5.24. The number of hydrogen-bond donors (Lipinski definition) is 2. The summed E-state index contributed by atoms with van der Waals surface area (Å²) in [7, 11) is 0. The zero-order valence-corrected chi connectivity index (χ0v) is 16.6. The molecule has 0 aliphatic carbocycles. The summed E-state index contributed by atoms with van der Waals surface area (Å²) in [4.78, 5) is 12.5. The molecule has 1 heterocycles. The standard InChI is InChI=1S/C20H21ClN4OS/c1-2-3-4-14-5-11-17(12-6-14)22-18(26)13-25-19(23-24-20(25)27)15-7-9-16(21)10-8-15/h5-12H,2-4,13H2,1H3,(H,22,26)(H,24,27). The maximum absolute atomic E-state index is 12.5. The first-order chi connectivity index (χ1) is 13.1. The van der Waals surface area contributed by atoms with E-state index in [0.29, 0.717) is 15.6 Å². The molecule has 3 aromatic rings. The number of H-pyrrole nitrogens is 1. The van der Waals surface area contributed by atoms with Crippen molar-refractivity contribution in [1.82, 2.24) is 14.8 Å². The van der Waals surface area contributed by atoms with Gasteiger partial charge in [-0.15, -0.1) is 0 Å². The fraction of sp³-hybridized carbons (Fsp3) is 0.250. The number of nitrogens with zero attached hydrogens (tertiary/aromatic N) is 2. The van der Waals surface area contributed by atoms with Crippen LogP contribution in [0.5, 0.6) is 0 Å². The van der Waals surface area contributed by atoms with E-state index in [1.165, 1.54) is 12.0 Å². The minimum Gasteiger partial charge on any atom is -0.325 e. The summed E-state index contributed by atoms with van der Waals surface area (Å²) in [6.07, 6.45) is 3.39. The van der Waals surface area contributed by atoms with E-state index in [4.69, 9.17) is 23.8 Å². The number of carbonyl (C=O) groups excluding carboxylic acids is 1. The summed E-state index contributed by atoms with van der Waals surface area (Å²) < 4.78 is 2.06. The minimum absolute atomic E-state index is 0.0743. The maximum atomic E-state index is 12.5. The van der Waals surface area contributed by atoms with Crippen molar-refractivity contribution in [3.8, 4) is 11.4 Å². The smallest absolute Gasteiger partial charge is 0.244 e. The van der Waals surface area contributed by atoms with Gasteiger partial charge in [-0.25, -0.2) is 0 Å². The van der Waals surface area contributed by atoms with Gasteiger partial charge in [0.15, 0.2) is 10.6 Å². The highest BCUT2D eigenvalue weighted by Crippen LogP contribution is 2.20. The molecule has 0 spiro atoms. The number of aromatic amines is 1. The fourth-order valence-electron chi connectivity index (χ4n) is 2.76. The van der Waals surface area contributed by atoms with Crippen molar-refractivity contribution < 1.29 is 4.79 Å². The van der Waals surface area contributed by atoms with E-state index in [9.17, 15) is 4.79 Å². The van der Waals surface area contributed by atoms with Crippen LogP contribution in [0, 0.1) is 4.77 Å². The Morgan fingerprint density at radius 3 is 2.56 bits per heavy atom. The van der Waals surface area contributed by atoms with Crippen LogP contribution in [-0.2, 0) is 17.8 Å². The number of aryl methyl sites for hydroxylation is 1. The van der Waals surface area contributed by atoms with Gasteiger partial charge < -0.3 is 5.32 Å². The van der Waals surface area contributed by atoms with Crippen molar-refractivity contribution in [2.75, 3.05) is 5.32 Å². The quantitative estimate of drug-likeness (QED) is 0.533. The number of nitrogens with one attached hydrogen (secondary N) is 2. The molecule has 0 aliphatic rings. The summed E-state index contributed by atoms with van der Waals surface area (Å²) in [6.45, 7) is 2.25. The molecule has 0 saturated heterocycles. The molecule has 27 heavy (non-hydrogen) atoms. The third-order valence-electron chi connectivity index (χ3n) is 4.22. The van der Waals surface area contributed by atoms with Crippen molar-refractivity contribution in [3.63, 3.8) is 0 Å². The van der Waals surface area contributed by atoms with Crippen molar-refractivity contribution >= 4 is 35.4 Å². The lowest BCUT2D eigenvalue weighted by Gasteiger charge is -2.09. The molecule has 1 amide bonds. The monoisotopic (exact) mass is 400 g/mol. The number of benzene rings is 2. The van der Waals surface area contributed by atoms with Crippen molar-refractivity contribution in [2.45, 2.75) is 32.7 Å². The Morgan fingerprint density at radius 2 is 1.89 bits per heavy atom. The second-order valence-electron chi connectivity index (χ2n) is 6.29. The summed E-state index contributed by atoms with van der Waals surface area (Å²) in [5.41, 5.74) is 2.88. The minimum atomic E-state index is -0.163. The fourth-order valence-corrected chi connectivity index (χ4v) is 3.09. The number of halogens is 1. The normalized spacial score (nSPS) is 10.7. The average molecular weight is 401 g/mol. The molecule has 0 aliphatic heterocycles. The molecule has 0 fully saturated rings. The number of amides is 1. The van der Waals surface area contributed by atoms with Crippen LogP contribution in [0.3, 0.4) is 0 Å². The van der Waals surface area contributed by atoms with Crippen LogP contribution in [0.2, 0.25) is 5.02 Å². The van der Waals surface area contributed by atoms with E-state index >= 15 is 0 Å². The van der Waals surface area contributed by atoms with Crippen LogP contribution in [0.25, 0.3) is 11.4 Å². The van der Waals surface area contributed by atoms with E-state index in [2.05, 4.69) is 22.4 Å². The molecule has 0 unspecified atom stereocenters. The molecule has 140 valence electrons. The lowest BCUT2D eigenvalue weighted by Crippen LogP contribution is -2.19. The topological polar surface area (TPSA) is 62.7 Å². The average Bonchev–Trinajstić information content (AvgIpc) is 3.02. The Balaban J connectivity index is 1.70. The molecular weight excluding hydrogens is 380 g/mol. The molecule has 2 aromatic carbocycles. The zero-order chi connectivity index (χ0) is 19.2. The number of carbonyl (C=O) groups is 1. The van der Waals surface area contributed by atoms with E-state index < -0.39 is 0 Å². The predicted molar refractivity (Wildman–Crippen MR) is 112 cm³/mol. The van der Waals surface area contributed by atoms with E-state index in [1.54, 1.807) is 16.7 Å². The van der Waals surface area contributed by atoms with Crippen LogP contribution in [0.15, 0.2) is 48.5 Å². The second-order valence-corrected chi connectivity index (χ2v) is 7.12. The van der Waals surface area contributed by atoms with Gasteiger partial charge in [0.1, 0.15) is 6.54 Å². The Kier molecular flexibility index (Phi) is 6.42. The molecule has 7 heteroatoms. The van der Waals surface area contributed by atoms with E-state index in [-0.39, 0.29) is 12.5 Å². The molecule has 0 radical (unpaired) electrons. The number of hydrogen-bond acceptors (Lipinski definition) is 3. The molecule has 0 bridgehead atoms. The third kappa shape index (κ3) is 5.05. The largest absolute Gasteiger partial charge is 0.325 e. The van der Waals surface area contributed by atoms with E-state index in [1.807, 2.05) is 36.4 Å². The number of unbranched alkanes of at least 4 members (excludes halogenated alkanes) is 1. The first kappa shape index (κ1) is 19.3. The van der Waals surface area contributed by atoms with Crippen LogP contribution in [-0.4, -0.2) is 20.7 Å². The summed E-state index contributed by atoms with van der Waals surface area (Å²) in [5, 5.41) is 10.5. The number of anilines is 1. The summed E-state index contributed by atoms with van der Waals surface area (Å²) >= 11 is 11.2. The first-order valence-corrected chi connectivity index (χ1v) is 9.65. The van der Waals surface area contributed by atoms with Gasteiger partial charge in [-0.2, -0.15) is 5.10 Å². The maximum Gasteiger partial charge on any atom is 0.244 e. The highest BCUT2D eigenvalue weighted by Gasteiger charge is 2.12. The zero-order valence-electron chi connectivity index (χ0n) is 15.0. The van der Waals surface area contributed by atoms with Crippen LogP contribution in [0.4, 0.5) is 5.69 Å². The third-order valence-corrected chi connectivity index (χ3v) is 4.78. The van der Waals surface area contributed by atoms with Gasteiger partial charge in [0.2, 0.25) is 5.91 Å². The van der Waals surface area contributed by atoms with Crippen LogP contribution in [0.1, 0.15) is 25.3 Å². The van der Waals surface area contributed by atoms with Gasteiger partial charge in [-0.1, -0.05) is 37.1 Å². The SMILES string of the molecule is CCCCc1ccc(NC(=O)Cn2c(-c3ccc(Cl)cc3)n[nH]c2=S)cc1. The highest BCUT2D eigenvalue weighted by atomic mass is 35.5. The number of rotatable bonds is 7. The Labute approximate surface area is 168 Å². The molecule has 0 atom stereocenters. The molecule has 5 nitrogen and oxygen atoms in total. The van der Waals surface area contributed by atoms with Gasteiger partial charge in [0, 0.05) is 16.3 Å². The van der Waals surface area contributed by atoms with E-state index in [0.717, 1.165) is 24.1 Å². The molecule has 2 N–H and O–H groups in total. The Bertz CT molecular complexity index is 961. The van der Waals surface area contributed by atoms with Crippen LogP contribution >= 0.6 is 23.8 Å². The molecule has 1 aromatic heterocycles.